The molecule has 74 valence electrons. The number of carbonyl (C=O) groups is 1. The van der Waals surface area contributed by atoms with Crippen molar-refractivity contribution in [3.05, 3.63) is 0 Å². The third-order valence-electron chi connectivity index (χ3n) is 0.593. The molecule has 6 heteroatoms. The van der Waals surface area contributed by atoms with Gasteiger partial charge in [-0.1, -0.05) is 23.2 Å². The summed E-state index contributed by atoms with van der Waals surface area (Å²) in [6.07, 6.45) is 0. The second-order valence-electron chi connectivity index (χ2n) is 1.59. The van der Waals surface area contributed by atoms with E-state index in [1.165, 1.54) is 6.92 Å². The van der Waals surface area contributed by atoms with Gasteiger partial charge in [-0.15, -0.1) is 0 Å². The van der Waals surface area contributed by atoms with Gasteiger partial charge in [0.2, 0.25) is 0 Å². The Kier molecular flexibility index (Phi) is 13.2. The molecular formula is C6H13Cl2NO3. The van der Waals surface area contributed by atoms with Crippen LogP contribution in [0.1, 0.15) is 13.8 Å². The van der Waals surface area contributed by atoms with Crippen LogP contribution in [0, 0.1) is 0 Å². The van der Waals surface area contributed by atoms with Crippen LogP contribution >= 0.6 is 23.2 Å². The average molecular weight is 218 g/mol. The van der Waals surface area contributed by atoms with E-state index >= 15 is 0 Å². The molecule has 0 heterocycles. The van der Waals surface area contributed by atoms with Crippen molar-refractivity contribution in [1.29, 1.82) is 0 Å². The van der Waals surface area contributed by atoms with Gasteiger partial charge in [0.15, 0.2) is 4.96 Å². The van der Waals surface area contributed by atoms with Gasteiger partial charge in [-0.2, -0.15) is 0 Å². The van der Waals surface area contributed by atoms with Crippen molar-refractivity contribution in [1.82, 2.24) is 5.32 Å². The number of alkyl halides is 2. The smallest absolute Gasteiger partial charge is 0.302 e. The largest absolute Gasteiger partial charge is 0.466 e. The van der Waals surface area contributed by atoms with Gasteiger partial charge in [-0.3, -0.25) is 10.1 Å². The number of carbonyl (C=O) groups excluding carboxylic acids is 1. The Balaban J connectivity index is 0. The zero-order valence-electron chi connectivity index (χ0n) is 7.01. The molecule has 0 aromatic rings. The first-order chi connectivity index (χ1) is 5.54. The molecule has 0 fully saturated rings. The highest BCUT2D eigenvalue weighted by molar-refractivity contribution is 6.43. The minimum Gasteiger partial charge on any atom is -0.466 e. The summed E-state index contributed by atoms with van der Waals surface area (Å²) in [5, 5.41) is 10.3. The molecule has 0 spiro atoms. The summed E-state index contributed by atoms with van der Waals surface area (Å²) in [6.45, 7) is 3.47. The van der Waals surface area contributed by atoms with Gasteiger partial charge in [-0.05, 0) is 6.92 Å². The zero-order valence-corrected chi connectivity index (χ0v) is 8.52. The highest BCUT2D eigenvalue weighted by Gasteiger charge is 1.89. The number of hydrogen-bond donors (Lipinski definition) is 2. The third-order valence-corrected chi connectivity index (χ3v) is 0.902. The maximum atomic E-state index is 9.82. The SMILES string of the molecule is CCOC(C)=O.OCNC(Cl)Cl. The molecular weight excluding hydrogens is 205 g/mol. The maximum absolute atomic E-state index is 9.82. The fourth-order valence-corrected chi connectivity index (χ4v) is 0.410. The molecule has 2 N–H and O–H groups in total. The van der Waals surface area contributed by atoms with Crippen LogP contribution < -0.4 is 5.32 Å². The lowest BCUT2D eigenvalue weighted by Gasteiger charge is -1.95. The van der Waals surface area contributed by atoms with Crippen molar-refractivity contribution < 1.29 is 14.6 Å². The molecule has 0 atom stereocenters. The maximum Gasteiger partial charge on any atom is 0.302 e. The molecule has 0 rings (SSSR count). The monoisotopic (exact) mass is 217 g/mol. The summed E-state index contributed by atoms with van der Waals surface area (Å²) in [5.41, 5.74) is 0. The standard InChI is InChI=1S/C4H8O2.C2H5Cl2NO/c1-3-6-4(2)5;3-2(4)5-1-6/h3H2,1-2H3;2,5-6H,1H2. The topological polar surface area (TPSA) is 58.6 Å². The molecule has 4 nitrogen and oxygen atoms in total. The first-order valence-electron chi connectivity index (χ1n) is 3.30. The summed E-state index contributed by atoms with van der Waals surface area (Å²) >= 11 is 10.1. The van der Waals surface area contributed by atoms with Crippen LogP contribution in [-0.4, -0.2) is 29.4 Å². The van der Waals surface area contributed by atoms with Crippen molar-refractivity contribution in [3.63, 3.8) is 0 Å². The second kappa shape index (κ2) is 11.0. The number of hydrogen-bond acceptors (Lipinski definition) is 4. The molecule has 0 radical (unpaired) electrons. The van der Waals surface area contributed by atoms with Crippen LogP contribution in [0.5, 0.6) is 0 Å². The van der Waals surface area contributed by atoms with E-state index < -0.39 is 4.96 Å². The number of rotatable bonds is 3. The van der Waals surface area contributed by atoms with Crippen LogP contribution in [0.4, 0.5) is 0 Å². The quantitative estimate of drug-likeness (QED) is 0.319. The van der Waals surface area contributed by atoms with E-state index in [0.717, 1.165) is 0 Å². The molecule has 0 aliphatic rings. The molecule has 0 bridgehead atoms. The molecule has 0 unspecified atom stereocenters. The number of aliphatic hydroxyl groups is 1. The van der Waals surface area contributed by atoms with Gasteiger partial charge in [0, 0.05) is 6.92 Å². The van der Waals surface area contributed by atoms with E-state index in [9.17, 15) is 4.79 Å². The van der Waals surface area contributed by atoms with Gasteiger partial charge in [0.1, 0.15) is 0 Å². The Hall–Kier alpha value is -0.0300. The minimum absolute atomic E-state index is 0.183. The normalized spacial score (nSPS) is 8.83. The number of nitrogens with one attached hydrogen (secondary N) is 1. The van der Waals surface area contributed by atoms with Crippen molar-refractivity contribution in [2.45, 2.75) is 18.8 Å². The third kappa shape index (κ3) is 22.5. The van der Waals surface area contributed by atoms with Crippen LogP contribution in [0.25, 0.3) is 0 Å². The zero-order chi connectivity index (χ0) is 9.98. The van der Waals surface area contributed by atoms with Crippen molar-refractivity contribution >= 4 is 29.2 Å². The van der Waals surface area contributed by atoms with Gasteiger partial charge < -0.3 is 9.84 Å². The molecule has 0 aromatic carbocycles. The summed E-state index contributed by atoms with van der Waals surface area (Å²) in [7, 11) is 0. The Morgan fingerprint density at radius 1 is 1.67 bits per heavy atom. The predicted octanol–water partition coefficient (Wildman–Crippen LogP) is 0.856. The number of aliphatic hydroxyl groups excluding tert-OH is 1. The van der Waals surface area contributed by atoms with Crippen molar-refractivity contribution in [2.75, 3.05) is 13.3 Å². The summed E-state index contributed by atoms with van der Waals surface area (Å²) < 4.78 is 4.40. The first kappa shape index (κ1) is 14.5. The molecule has 0 aromatic heterocycles. The van der Waals surface area contributed by atoms with E-state index in [2.05, 4.69) is 10.1 Å². The lowest BCUT2D eigenvalue weighted by atomic mass is 10.8. The van der Waals surface area contributed by atoms with Gasteiger partial charge in [-0.25, -0.2) is 0 Å². The van der Waals surface area contributed by atoms with E-state index in [4.69, 9.17) is 28.3 Å². The highest BCUT2D eigenvalue weighted by Crippen LogP contribution is 1.92. The first-order valence-corrected chi connectivity index (χ1v) is 4.17. The van der Waals surface area contributed by atoms with Crippen LogP contribution in [0.15, 0.2) is 0 Å². The highest BCUT2D eigenvalue weighted by atomic mass is 35.5. The van der Waals surface area contributed by atoms with Crippen LogP contribution in [0.2, 0.25) is 0 Å². The lowest BCUT2D eigenvalue weighted by Crippen LogP contribution is -2.18. The molecule has 0 amide bonds. The molecule has 0 saturated heterocycles. The van der Waals surface area contributed by atoms with E-state index in [1.807, 2.05) is 0 Å². The fourth-order valence-electron chi connectivity index (χ4n) is 0.272. The van der Waals surface area contributed by atoms with Gasteiger partial charge in [0.05, 0.1) is 13.3 Å². The minimum atomic E-state index is -0.657. The Morgan fingerprint density at radius 3 is 2.17 bits per heavy atom. The molecule has 0 aliphatic heterocycles. The molecule has 0 aliphatic carbocycles. The van der Waals surface area contributed by atoms with E-state index in [1.54, 1.807) is 6.92 Å². The number of ether oxygens (including phenoxy) is 1. The Morgan fingerprint density at radius 2 is 2.17 bits per heavy atom. The molecule has 0 saturated carbocycles. The fraction of sp³-hybridized carbons (Fsp3) is 0.833. The lowest BCUT2D eigenvalue weighted by molar-refractivity contribution is -0.140. The number of halogens is 2. The van der Waals surface area contributed by atoms with E-state index in [-0.39, 0.29) is 12.7 Å². The summed E-state index contributed by atoms with van der Waals surface area (Å²) in [5.74, 6) is -0.211. The van der Waals surface area contributed by atoms with Gasteiger partial charge in [0.25, 0.3) is 0 Å². The van der Waals surface area contributed by atoms with Gasteiger partial charge >= 0.3 is 5.97 Å². The summed E-state index contributed by atoms with van der Waals surface area (Å²) in [6, 6.07) is 0. The van der Waals surface area contributed by atoms with Crippen LogP contribution in [0.3, 0.4) is 0 Å². The second-order valence-corrected chi connectivity index (χ2v) is 2.68. The number of esters is 1. The summed E-state index contributed by atoms with van der Waals surface area (Å²) in [4.78, 5) is 9.16. The average Bonchev–Trinajstić information content (AvgIpc) is 1.87. The van der Waals surface area contributed by atoms with Crippen molar-refractivity contribution in [3.8, 4) is 0 Å². The Bertz CT molecular complexity index is 111. The van der Waals surface area contributed by atoms with Crippen LogP contribution in [-0.2, 0) is 9.53 Å². The van der Waals surface area contributed by atoms with Crippen molar-refractivity contribution in [2.24, 2.45) is 0 Å². The Labute approximate surface area is 81.8 Å². The van der Waals surface area contributed by atoms with E-state index in [0.29, 0.717) is 6.61 Å². The molecule has 12 heavy (non-hydrogen) atoms. The predicted molar refractivity (Wildman–Crippen MR) is 48.0 cm³/mol.